The van der Waals surface area contributed by atoms with Crippen LogP contribution in [-0.4, -0.2) is 36.9 Å². The lowest BCUT2D eigenvalue weighted by Gasteiger charge is -2.09. The summed E-state index contributed by atoms with van der Waals surface area (Å²) in [5.74, 6) is 0.0897. The van der Waals surface area contributed by atoms with Crippen LogP contribution in [0.5, 0.6) is 0 Å². The molecule has 1 saturated heterocycles. The summed E-state index contributed by atoms with van der Waals surface area (Å²) in [6, 6.07) is -0.233. The molecule has 0 bridgehead atoms. The van der Waals surface area contributed by atoms with Crippen molar-refractivity contribution in [3.8, 4) is 0 Å². The summed E-state index contributed by atoms with van der Waals surface area (Å²) in [4.78, 5) is 15.7. The van der Waals surface area contributed by atoms with E-state index in [1.54, 1.807) is 0 Å². The topological polar surface area (TPSA) is 102 Å². The molecule has 1 unspecified atom stereocenters. The molecule has 1 aliphatic rings. The average Bonchev–Trinajstić information content (AvgIpc) is 2.82. The van der Waals surface area contributed by atoms with E-state index in [9.17, 15) is 13.2 Å². The molecule has 6 nitrogen and oxygen atoms in total. The first-order chi connectivity index (χ1) is 8.44. The normalized spacial score (nSPS) is 21.9. The monoisotopic (exact) mass is 289 g/mol. The van der Waals surface area contributed by atoms with Gasteiger partial charge in [-0.3, -0.25) is 4.79 Å². The summed E-state index contributed by atoms with van der Waals surface area (Å²) in [5.41, 5.74) is 6.28. The number of nitrogens with two attached hydrogens (primary N) is 1. The number of carbonyl (C=O) groups excluding carboxylic acids is 1. The van der Waals surface area contributed by atoms with Crippen molar-refractivity contribution in [1.29, 1.82) is 0 Å². The standard InChI is InChI=1S/C10H15N3O3S2/c11-10-13-7(5-17-10)1-2-9(14)12-8-3-4-18(15,16)6-8/h5,8H,1-4,6H2,(H2,11,13)(H,12,14). The van der Waals surface area contributed by atoms with Gasteiger partial charge in [-0.15, -0.1) is 11.3 Å². The molecule has 1 amide bonds. The molecule has 1 aromatic heterocycles. The Bertz CT molecular complexity index is 538. The highest BCUT2D eigenvalue weighted by Crippen LogP contribution is 2.14. The lowest BCUT2D eigenvalue weighted by molar-refractivity contribution is -0.121. The highest BCUT2D eigenvalue weighted by molar-refractivity contribution is 7.91. The number of nitrogens with one attached hydrogen (secondary N) is 1. The molecule has 3 N–H and O–H groups in total. The number of nitrogen functional groups attached to an aromatic ring is 1. The van der Waals surface area contributed by atoms with Crippen molar-refractivity contribution in [3.05, 3.63) is 11.1 Å². The predicted octanol–water partition coefficient (Wildman–Crippen LogP) is -0.0388. The molecule has 0 aromatic carbocycles. The van der Waals surface area contributed by atoms with Gasteiger partial charge in [0.25, 0.3) is 0 Å². The number of aromatic nitrogens is 1. The second-order valence-corrected chi connectivity index (χ2v) is 7.46. The highest BCUT2D eigenvalue weighted by atomic mass is 32.2. The molecule has 1 fully saturated rings. The molecular weight excluding hydrogens is 274 g/mol. The van der Waals surface area contributed by atoms with Crippen molar-refractivity contribution in [2.75, 3.05) is 17.2 Å². The van der Waals surface area contributed by atoms with Crippen LogP contribution in [0.25, 0.3) is 0 Å². The minimum atomic E-state index is -2.95. The van der Waals surface area contributed by atoms with Crippen LogP contribution in [0.2, 0.25) is 0 Å². The van der Waals surface area contributed by atoms with Gasteiger partial charge < -0.3 is 11.1 Å². The van der Waals surface area contributed by atoms with Gasteiger partial charge in [0.1, 0.15) is 0 Å². The highest BCUT2D eigenvalue weighted by Gasteiger charge is 2.28. The number of amides is 1. The quantitative estimate of drug-likeness (QED) is 0.810. The second-order valence-electron chi connectivity index (χ2n) is 4.34. The van der Waals surface area contributed by atoms with Gasteiger partial charge in [-0.25, -0.2) is 13.4 Å². The Balaban J connectivity index is 1.76. The van der Waals surface area contributed by atoms with Crippen LogP contribution in [0.1, 0.15) is 18.5 Å². The van der Waals surface area contributed by atoms with Crippen LogP contribution in [0, 0.1) is 0 Å². The third kappa shape index (κ3) is 3.67. The van der Waals surface area contributed by atoms with Crippen LogP contribution in [0.4, 0.5) is 5.13 Å². The molecule has 0 aliphatic carbocycles. The number of nitrogens with zero attached hydrogens (tertiary/aromatic N) is 1. The summed E-state index contributed by atoms with van der Waals surface area (Å²) in [6.45, 7) is 0. The van der Waals surface area contributed by atoms with Crippen molar-refractivity contribution in [3.63, 3.8) is 0 Å². The van der Waals surface area contributed by atoms with Crippen LogP contribution in [-0.2, 0) is 21.1 Å². The summed E-state index contributed by atoms with van der Waals surface area (Å²) in [6.07, 6.45) is 1.34. The SMILES string of the molecule is Nc1nc(CCC(=O)NC2CCS(=O)(=O)C2)cs1. The maximum absolute atomic E-state index is 11.6. The van der Waals surface area contributed by atoms with Crippen LogP contribution < -0.4 is 11.1 Å². The van der Waals surface area contributed by atoms with Gasteiger partial charge in [0.05, 0.1) is 17.2 Å². The minimum Gasteiger partial charge on any atom is -0.375 e. The lowest BCUT2D eigenvalue weighted by Crippen LogP contribution is -2.35. The van der Waals surface area contributed by atoms with Gasteiger partial charge in [0.2, 0.25) is 5.91 Å². The van der Waals surface area contributed by atoms with E-state index in [1.165, 1.54) is 11.3 Å². The van der Waals surface area contributed by atoms with Crippen molar-refractivity contribution < 1.29 is 13.2 Å². The molecule has 18 heavy (non-hydrogen) atoms. The number of hydrogen-bond acceptors (Lipinski definition) is 6. The number of carbonyl (C=O) groups is 1. The third-order valence-electron chi connectivity index (χ3n) is 2.78. The molecule has 0 radical (unpaired) electrons. The number of sulfone groups is 1. The fourth-order valence-electron chi connectivity index (χ4n) is 1.89. The third-order valence-corrected chi connectivity index (χ3v) is 5.27. The zero-order valence-electron chi connectivity index (χ0n) is 9.76. The van der Waals surface area contributed by atoms with E-state index in [-0.39, 0.29) is 23.5 Å². The zero-order valence-corrected chi connectivity index (χ0v) is 11.4. The number of aryl methyl sites for hydroxylation is 1. The van der Waals surface area contributed by atoms with Crippen molar-refractivity contribution in [1.82, 2.24) is 10.3 Å². The van der Waals surface area contributed by atoms with E-state index in [0.717, 1.165) is 5.69 Å². The maximum atomic E-state index is 11.6. The number of rotatable bonds is 4. The van der Waals surface area contributed by atoms with Crippen LogP contribution in [0.3, 0.4) is 0 Å². The summed E-state index contributed by atoms with van der Waals surface area (Å²) < 4.78 is 22.5. The van der Waals surface area contributed by atoms with Gasteiger partial charge in [0, 0.05) is 17.8 Å². The first kappa shape index (κ1) is 13.3. The van der Waals surface area contributed by atoms with E-state index in [2.05, 4.69) is 10.3 Å². The first-order valence-corrected chi connectivity index (χ1v) is 8.34. The fourth-order valence-corrected chi connectivity index (χ4v) is 4.16. The van der Waals surface area contributed by atoms with Gasteiger partial charge in [0.15, 0.2) is 15.0 Å². The Labute approximate surface area is 110 Å². The van der Waals surface area contributed by atoms with E-state index in [4.69, 9.17) is 5.73 Å². The smallest absolute Gasteiger partial charge is 0.220 e. The Morgan fingerprint density at radius 2 is 2.39 bits per heavy atom. The Kier molecular flexibility index (Phi) is 3.86. The lowest BCUT2D eigenvalue weighted by atomic mass is 10.2. The van der Waals surface area contributed by atoms with E-state index in [0.29, 0.717) is 24.4 Å². The largest absolute Gasteiger partial charge is 0.375 e. The van der Waals surface area contributed by atoms with Crippen molar-refractivity contribution in [2.24, 2.45) is 0 Å². The van der Waals surface area contributed by atoms with Crippen LogP contribution >= 0.6 is 11.3 Å². The van der Waals surface area contributed by atoms with E-state index >= 15 is 0 Å². The molecule has 1 aromatic rings. The number of thiazole rings is 1. The molecule has 1 aliphatic heterocycles. The first-order valence-electron chi connectivity index (χ1n) is 5.64. The molecule has 2 rings (SSSR count). The fraction of sp³-hybridized carbons (Fsp3) is 0.600. The van der Waals surface area contributed by atoms with Crippen molar-refractivity contribution in [2.45, 2.75) is 25.3 Å². The Hall–Kier alpha value is -1.15. The molecule has 0 spiro atoms. The molecule has 1 atom stereocenters. The van der Waals surface area contributed by atoms with E-state index in [1.807, 2.05) is 5.38 Å². The van der Waals surface area contributed by atoms with Gasteiger partial charge in [-0.2, -0.15) is 0 Å². The maximum Gasteiger partial charge on any atom is 0.220 e. The number of anilines is 1. The number of hydrogen-bond donors (Lipinski definition) is 2. The van der Waals surface area contributed by atoms with Crippen molar-refractivity contribution >= 4 is 32.2 Å². The van der Waals surface area contributed by atoms with Gasteiger partial charge in [-0.05, 0) is 12.8 Å². The molecular formula is C10H15N3O3S2. The Morgan fingerprint density at radius 3 is 2.94 bits per heavy atom. The average molecular weight is 289 g/mol. The van der Waals surface area contributed by atoms with E-state index < -0.39 is 9.84 Å². The molecule has 100 valence electrons. The summed E-state index contributed by atoms with van der Waals surface area (Å²) in [5, 5.41) is 5.05. The molecule has 2 heterocycles. The van der Waals surface area contributed by atoms with Gasteiger partial charge >= 0.3 is 0 Å². The predicted molar refractivity (Wildman–Crippen MR) is 70.0 cm³/mol. The van der Waals surface area contributed by atoms with Gasteiger partial charge in [-0.1, -0.05) is 0 Å². The Morgan fingerprint density at radius 1 is 1.61 bits per heavy atom. The second kappa shape index (κ2) is 5.23. The zero-order chi connectivity index (χ0) is 13.2. The summed E-state index contributed by atoms with van der Waals surface area (Å²) >= 11 is 1.34. The molecule has 0 saturated carbocycles. The minimum absolute atomic E-state index is 0.0579. The summed E-state index contributed by atoms with van der Waals surface area (Å²) in [7, 11) is -2.95. The van der Waals surface area contributed by atoms with Crippen LogP contribution in [0.15, 0.2) is 5.38 Å². The molecule has 8 heteroatoms.